The van der Waals surface area contributed by atoms with Crippen molar-refractivity contribution >= 4 is 17.9 Å². The summed E-state index contributed by atoms with van der Waals surface area (Å²) in [6.07, 6.45) is 1.49. The number of H-pyrrole nitrogens is 1. The number of aryl methyl sites for hydroxylation is 3. The summed E-state index contributed by atoms with van der Waals surface area (Å²) in [6, 6.07) is 11.8. The molecule has 0 unspecified atom stereocenters. The molecule has 0 saturated heterocycles. The molecule has 0 spiro atoms. The van der Waals surface area contributed by atoms with E-state index in [9.17, 15) is 14.7 Å². The highest BCUT2D eigenvalue weighted by atomic mass is 16.4. The van der Waals surface area contributed by atoms with E-state index in [0.29, 0.717) is 16.9 Å². The Morgan fingerprint density at radius 1 is 1.08 bits per heavy atom. The van der Waals surface area contributed by atoms with Crippen molar-refractivity contribution in [1.29, 1.82) is 0 Å². The molecule has 0 amide bonds. The van der Waals surface area contributed by atoms with Crippen LogP contribution in [0.2, 0.25) is 0 Å². The molecule has 132 valence electrons. The van der Waals surface area contributed by atoms with Crippen molar-refractivity contribution in [3.8, 4) is 5.69 Å². The lowest BCUT2D eigenvalue weighted by molar-refractivity contribution is -0.255. The quantitative estimate of drug-likeness (QED) is 0.733. The molecule has 0 aliphatic rings. The van der Waals surface area contributed by atoms with Crippen LogP contribution in [0.15, 0.2) is 52.3 Å². The molecule has 2 aromatic carbocycles. The van der Waals surface area contributed by atoms with Crippen LogP contribution in [0.25, 0.3) is 5.69 Å². The van der Waals surface area contributed by atoms with Crippen LogP contribution in [-0.4, -0.2) is 22.0 Å². The zero-order chi connectivity index (χ0) is 18.8. The number of carbonyl (C=O) groups is 1. The second-order valence-corrected chi connectivity index (χ2v) is 6.15. The van der Waals surface area contributed by atoms with E-state index < -0.39 is 5.97 Å². The number of benzene rings is 2. The van der Waals surface area contributed by atoms with Crippen molar-refractivity contribution in [3.05, 3.63) is 80.8 Å². The zero-order valence-electron chi connectivity index (χ0n) is 14.7. The van der Waals surface area contributed by atoms with Crippen LogP contribution in [0.4, 0.5) is 5.69 Å². The lowest BCUT2D eigenvalue weighted by Gasteiger charge is -2.05. The molecule has 0 atom stereocenters. The maximum absolute atomic E-state index is 12.7. The second kappa shape index (κ2) is 6.84. The van der Waals surface area contributed by atoms with Crippen molar-refractivity contribution < 1.29 is 9.90 Å². The molecule has 0 bridgehead atoms. The number of carboxylic acid groups (broad SMARTS) is 1. The number of aromatic amines is 1. The van der Waals surface area contributed by atoms with Gasteiger partial charge in [-0.25, -0.2) is 4.68 Å². The van der Waals surface area contributed by atoms with E-state index >= 15 is 0 Å². The molecule has 26 heavy (non-hydrogen) atoms. The highest BCUT2D eigenvalue weighted by Gasteiger charge is 2.11. The van der Waals surface area contributed by atoms with E-state index in [1.807, 2.05) is 32.0 Å². The minimum absolute atomic E-state index is 0.0823. The molecule has 6 heteroatoms. The predicted octanol–water partition coefficient (Wildman–Crippen LogP) is 2.20. The fraction of sp³-hybridized carbons (Fsp3) is 0.150. The van der Waals surface area contributed by atoms with Gasteiger partial charge >= 0.3 is 0 Å². The average Bonchev–Trinajstić information content (AvgIpc) is 2.90. The number of hydrogen-bond donors (Lipinski definition) is 1. The predicted molar refractivity (Wildman–Crippen MR) is 98.6 cm³/mol. The Labute approximate surface area is 150 Å². The first kappa shape index (κ1) is 17.4. The maximum Gasteiger partial charge on any atom is 0.280 e. The largest absolute Gasteiger partial charge is 0.545 e. The van der Waals surface area contributed by atoms with Gasteiger partial charge in [0, 0.05) is 11.9 Å². The number of hydrogen-bond acceptors (Lipinski definition) is 4. The first-order valence-electron chi connectivity index (χ1n) is 8.11. The first-order valence-corrected chi connectivity index (χ1v) is 8.11. The fourth-order valence-corrected chi connectivity index (χ4v) is 2.58. The number of rotatable bonds is 4. The van der Waals surface area contributed by atoms with Gasteiger partial charge in [-0.15, -0.1) is 0 Å². The Balaban J connectivity index is 1.94. The summed E-state index contributed by atoms with van der Waals surface area (Å²) in [7, 11) is 0. The van der Waals surface area contributed by atoms with Gasteiger partial charge in [-0.05, 0) is 61.7 Å². The number of carbonyl (C=O) groups excluding carboxylic acids is 1. The topological polar surface area (TPSA) is 90.3 Å². The van der Waals surface area contributed by atoms with Crippen LogP contribution in [0.3, 0.4) is 0 Å². The van der Waals surface area contributed by atoms with Crippen LogP contribution in [0.5, 0.6) is 0 Å². The van der Waals surface area contributed by atoms with Gasteiger partial charge in [-0.3, -0.25) is 14.9 Å². The molecule has 0 radical (unpaired) electrons. The fourth-order valence-electron chi connectivity index (χ4n) is 2.58. The molecular weight excluding hydrogens is 330 g/mol. The van der Waals surface area contributed by atoms with Crippen molar-refractivity contribution in [2.45, 2.75) is 20.8 Å². The van der Waals surface area contributed by atoms with Crippen molar-refractivity contribution in [1.82, 2.24) is 9.78 Å². The normalized spacial score (nSPS) is 11.2. The van der Waals surface area contributed by atoms with Gasteiger partial charge in [0.25, 0.3) is 5.56 Å². The Morgan fingerprint density at radius 3 is 2.38 bits per heavy atom. The Kier molecular flexibility index (Phi) is 4.58. The van der Waals surface area contributed by atoms with E-state index in [0.717, 1.165) is 16.8 Å². The minimum atomic E-state index is -1.24. The van der Waals surface area contributed by atoms with E-state index in [4.69, 9.17) is 0 Å². The van der Waals surface area contributed by atoms with E-state index in [2.05, 4.69) is 10.1 Å². The summed E-state index contributed by atoms with van der Waals surface area (Å²) in [5.74, 6) is -1.24. The van der Waals surface area contributed by atoms with Gasteiger partial charge in [0.15, 0.2) is 0 Å². The van der Waals surface area contributed by atoms with Gasteiger partial charge < -0.3 is 9.90 Å². The number of nitrogens with one attached hydrogen (secondary N) is 1. The number of aromatic nitrogens is 2. The second-order valence-electron chi connectivity index (χ2n) is 6.15. The van der Waals surface area contributed by atoms with Crippen LogP contribution in [-0.2, 0) is 0 Å². The summed E-state index contributed by atoms with van der Waals surface area (Å²) in [5, 5.41) is 13.8. The lowest BCUT2D eigenvalue weighted by atomic mass is 10.1. The van der Waals surface area contributed by atoms with Gasteiger partial charge in [-0.2, -0.15) is 0 Å². The molecule has 6 nitrogen and oxygen atoms in total. The van der Waals surface area contributed by atoms with Gasteiger partial charge in [0.1, 0.15) is 0 Å². The number of aliphatic imine (C=N–C) groups is 1. The Hall–Kier alpha value is -3.41. The van der Waals surface area contributed by atoms with E-state index in [1.165, 1.54) is 23.0 Å². The number of carboxylic acids is 1. The van der Waals surface area contributed by atoms with Crippen molar-refractivity contribution in [2.75, 3.05) is 0 Å². The molecule has 0 aliphatic heterocycles. The summed E-state index contributed by atoms with van der Waals surface area (Å²) in [4.78, 5) is 27.7. The summed E-state index contributed by atoms with van der Waals surface area (Å²) < 4.78 is 1.49. The summed E-state index contributed by atoms with van der Waals surface area (Å²) in [5.41, 5.74) is 4.61. The Morgan fingerprint density at radius 2 is 1.77 bits per heavy atom. The number of aromatic carboxylic acids is 1. The van der Waals surface area contributed by atoms with Gasteiger partial charge in [-0.1, -0.05) is 18.2 Å². The van der Waals surface area contributed by atoms with Crippen LogP contribution >= 0.6 is 0 Å². The standard InChI is InChI=1S/C20H19N3O3/c1-12-4-9-17(10-13(12)2)23-19(24)18(14(3)22-23)11-21-16-7-5-15(6-8-16)20(25)26/h4-11,22H,1-3H3,(H,25,26)/p-1. The molecule has 1 N–H and O–H groups in total. The van der Waals surface area contributed by atoms with E-state index in [1.54, 1.807) is 19.1 Å². The minimum Gasteiger partial charge on any atom is -0.545 e. The average molecular weight is 348 g/mol. The molecule has 0 fully saturated rings. The molecular formula is C20H18N3O3-. The molecule has 0 aliphatic carbocycles. The van der Waals surface area contributed by atoms with Gasteiger partial charge in [0.2, 0.25) is 0 Å². The molecule has 3 rings (SSSR count). The summed E-state index contributed by atoms with van der Waals surface area (Å²) >= 11 is 0. The zero-order valence-corrected chi connectivity index (χ0v) is 14.7. The van der Waals surface area contributed by atoms with Crippen LogP contribution < -0.4 is 10.7 Å². The van der Waals surface area contributed by atoms with Crippen LogP contribution in [0, 0.1) is 20.8 Å². The SMILES string of the molecule is Cc1ccc(-n2[nH]c(C)c(C=Nc3ccc(C(=O)[O-])cc3)c2=O)cc1C. The monoisotopic (exact) mass is 348 g/mol. The van der Waals surface area contributed by atoms with Crippen LogP contribution in [0.1, 0.15) is 32.7 Å². The third-order valence-corrected chi connectivity index (χ3v) is 4.31. The number of nitrogens with zero attached hydrogens (tertiary/aromatic N) is 2. The smallest absolute Gasteiger partial charge is 0.280 e. The first-order chi connectivity index (χ1) is 12.4. The summed E-state index contributed by atoms with van der Waals surface area (Å²) in [6.45, 7) is 5.82. The molecule has 1 heterocycles. The lowest BCUT2D eigenvalue weighted by Crippen LogP contribution is -2.21. The maximum atomic E-state index is 12.7. The molecule has 0 saturated carbocycles. The van der Waals surface area contributed by atoms with Gasteiger partial charge in [0.05, 0.1) is 22.9 Å². The highest BCUT2D eigenvalue weighted by molar-refractivity contribution is 5.87. The third-order valence-electron chi connectivity index (χ3n) is 4.31. The van der Waals surface area contributed by atoms with Crippen molar-refractivity contribution in [3.63, 3.8) is 0 Å². The molecule has 3 aromatic rings. The Bertz CT molecular complexity index is 1060. The van der Waals surface area contributed by atoms with Crippen molar-refractivity contribution in [2.24, 2.45) is 4.99 Å². The van der Waals surface area contributed by atoms with E-state index in [-0.39, 0.29) is 11.1 Å². The third kappa shape index (κ3) is 3.35. The molecule has 1 aromatic heterocycles. The highest BCUT2D eigenvalue weighted by Crippen LogP contribution is 2.15.